The second kappa shape index (κ2) is 6.77. The van der Waals surface area contributed by atoms with E-state index in [2.05, 4.69) is 5.32 Å². The monoisotopic (exact) mass is 395 g/mol. The van der Waals surface area contributed by atoms with Gasteiger partial charge in [-0.25, -0.2) is 9.18 Å². The average molecular weight is 395 g/mol. The summed E-state index contributed by atoms with van der Waals surface area (Å²) >= 11 is 0. The summed E-state index contributed by atoms with van der Waals surface area (Å²) in [6.45, 7) is 0.421. The summed E-state index contributed by atoms with van der Waals surface area (Å²) in [6, 6.07) is 6.57. The zero-order valence-corrected chi connectivity index (χ0v) is 14.6. The second-order valence-corrected chi connectivity index (χ2v) is 7.06. The van der Waals surface area contributed by atoms with Crippen LogP contribution in [-0.2, 0) is 10.9 Å². The number of carboxylic acids is 1. The number of carbonyl (C=O) groups is 1. The van der Waals surface area contributed by atoms with Crippen LogP contribution in [0.5, 0.6) is 0 Å². The smallest absolute Gasteiger partial charge is 0.416 e. The van der Waals surface area contributed by atoms with Crippen LogP contribution in [0.3, 0.4) is 0 Å². The van der Waals surface area contributed by atoms with Gasteiger partial charge in [0, 0.05) is 29.3 Å². The predicted molar refractivity (Wildman–Crippen MR) is 92.6 cm³/mol. The fourth-order valence-electron chi connectivity index (χ4n) is 4.07. The largest absolute Gasteiger partial charge is 0.478 e. The van der Waals surface area contributed by atoms with Gasteiger partial charge in [-0.3, -0.25) is 0 Å². The molecular formula is C20H17F4NO3. The zero-order valence-electron chi connectivity index (χ0n) is 14.6. The Kier molecular flexibility index (Phi) is 4.53. The Labute approximate surface area is 158 Å². The van der Waals surface area contributed by atoms with Gasteiger partial charge in [0.25, 0.3) is 0 Å². The molecule has 148 valence electrons. The maximum atomic E-state index is 14.7. The Balaban J connectivity index is 1.77. The lowest BCUT2D eigenvalue weighted by atomic mass is 9.77. The molecule has 1 fully saturated rings. The quantitative estimate of drug-likeness (QED) is 0.689. The van der Waals surface area contributed by atoms with Crippen molar-refractivity contribution in [3.05, 3.63) is 64.5 Å². The molecule has 1 saturated heterocycles. The molecule has 0 bridgehead atoms. The first kappa shape index (κ1) is 18.7. The second-order valence-electron chi connectivity index (χ2n) is 7.06. The summed E-state index contributed by atoms with van der Waals surface area (Å²) < 4.78 is 59.8. The lowest BCUT2D eigenvalue weighted by molar-refractivity contribution is -0.137. The van der Waals surface area contributed by atoms with Gasteiger partial charge < -0.3 is 15.2 Å². The summed E-state index contributed by atoms with van der Waals surface area (Å²) in [6.07, 6.45) is -3.69. The first-order chi connectivity index (χ1) is 13.3. The van der Waals surface area contributed by atoms with Crippen molar-refractivity contribution < 1.29 is 32.2 Å². The molecular weight excluding hydrogens is 378 g/mol. The summed E-state index contributed by atoms with van der Waals surface area (Å²) in [7, 11) is 0. The van der Waals surface area contributed by atoms with Crippen molar-refractivity contribution in [1.29, 1.82) is 0 Å². The van der Waals surface area contributed by atoms with Crippen LogP contribution in [0.4, 0.5) is 23.2 Å². The highest BCUT2D eigenvalue weighted by Crippen LogP contribution is 2.50. The molecule has 0 amide bonds. The summed E-state index contributed by atoms with van der Waals surface area (Å²) in [5, 5.41) is 12.2. The molecule has 2 heterocycles. The number of carboxylic acid groups (broad SMARTS) is 1. The van der Waals surface area contributed by atoms with E-state index in [9.17, 15) is 22.4 Å². The molecule has 0 aliphatic carbocycles. The number of hydrogen-bond acceptors (Lipinski definition) is 3. The van der Waals surface area contributed by atoms with Crippen LogP contribution in [0.2, 0.25) is 0 Å². The number of nitrogens with one attached hydrogen (secondary N) is 1. The third-order valence-corrected chi connectivity index (χ3v) is 5.38. The van der Waals surface area contributed by atoms with Gasteiger partial charge in [0.2, 0.25) is 0 Å². The minimum atomic E-state index is -4.46. The Morgan fingerprint density at radius 2 is 1.93 bits per heavy atom. The SMILES string of the molecule is O=C(O)c1ccc([C@@H]2Nc3ccc(C(F)(F)F)cc3[C@@H]3OCCC[C@H]23)c(F)c1. The predicted octanol–water partition coefficient (Wildman–Crippen LogP) is 5.18. The standard InChI is InChI=1S/C20H17F4NO3/c21-15-8-10(19(26)27)3-5-12(15)17-13-2-1-7-28-18(13)14-9-11(20(22,23)24)4-6-16(14)25-17/h3-6,8-9,13,17-18,25H,1-2,7H2,(H,26,27)/t13-,17+,18-/m1/s1. The number of alkyl halides is 3. The molecule has 4 rings (SSSR count). The third kappa shape index (κ3) is 3.22. The van der Waals surface area contributed by atoms with Crippen LogP contribution in [0.1, 0.15) is 52.0 Å². The fourth-order valence-corrected chi connectivity index (χ4v) is 4.07. The lowest BCUT2D eigenvalue weighted by Crippen LogP contribution is -2.36. The Bertz CT molecular complexity index is 928. The maximum Gasteiger partial charge on any atom is 0.416 e. The molecule has 2 aliphatic heterocycles. The summed E-state index contributed by atoms with van der Waals surface area (Å²) in [4.78, 5) is 11.1. The first-order valence-electron chi connectivity index (χ1n) is 8.88. The molecule has 8 heteroatoms. The number of hydrogen-bond donors (Lipinski definition) is 2. The highest BCUT2D eigenvalue weighted by molar-refractivity contribution is 5.87. The number of anilines is 1. The van der Waals surface area contributed by atoms with Crippen molar-refractivity contribution >= 4 is 11.7 Å². The Morgan fingerprint density at radius 3 is 2.61 bits per heavy atom. The van der Waals surface area contributed by atoms with Gasteiger partial charge in [-0.15, -0.1) is 0 Å². The third-order valence-electron chi connectivity index (χ3n) is 5.38. The number of rotatable bonds is 2. The van der Waals surface area contributed by atoms with E-state index in [1.165, 1.54) is 18.2 Å². The average Bonchev–Trinajstić information content (AvgIpc) is 2.66. The van der Waals surface area contributed by atoms with Crippen molar-refractivity contribution in [3.63, 3.8) is 0 Å². The molecule has 0 spiro atoms. The van der Waals surface area contributed by atoms with Crippen molar-refractivity contribution in [2.75, 3.05) is 11.9 Å². The maximum absolute atomic E-state index is 14.7. The van der Waals surface area contributed by atoms with E-state index in [0.29, 0.717) is 30.7 Å². The number of ether oxygens (including phenoxy) is 1. The lowest BCUT2D eigenvalue weighted by Gasteiger charge is -2.43. The number of aromatic carboxylic acids is 1. The molecule has 0 saturated carbocycles. The van der Waals surface area contributed by atoms with Crippen molar-refractivity contribution in [3.8, 4) is 0 Å². The molecule has 4 nitrogen and oxygen atoms in total. The molecule has 2 N–H and O–H groups in total. The highest BCUT2D eigenvalue weighted by Gasteiger charge is 2.42. The van der Waals surface area contributed by atoms with Gasteiger partial charge in [0.05, 0.1) is 23.3 Å². The van der Waals surface area contributed by atoms with E-state index in [-0.39, 0.29) is 17.0 Å². The van der Waals surface area contributed by atoms with Crippen molar-refractivity contribution in [2.45, 2.75) is 31.2 Å². The van der Waals surface area contributed by atoms with Gasteiger partial charge in [-0.2, -0.15) is 13.2 Å². The zero-order chi connectivity index (χ0) is 20.1. The van der Waals surface area contributed by atoms with Crippen LogP contribution in [0.25, 0.3) is 0 Å². The molecule has 3 atom stereocenters. The minimum Gasteiger partial charge on any atom is -0.478 e. The Morgan fingerprint density at radius 1 is 1.14 bits per heavy atom. The minimum absolute atomic E-state index is 0.163. The van der Waals surface area contributed by atoms with Crippen LogP contribution < -0.4 is 5.32 Å². The van der Waals surface area contributed by atoms with Crippen molar-refractivity contribution in [2.24, 2.45) is 5.92 Å². The Hall–Kier alpha value is -2.61. The summed E-state index contributed by atoms with van der Waals surface area (Å²) in [5.41, 5.74) is 0.234. The van der Waals surface area contributed by atoms with Crippen LogP contribution in [-0.4, -0.2) is 17.7 Å². The molecule has 2 aromatic carbocycles. The molecule has 0 radical (unpaired) electrons. The molecule has 28 heavy (non-hydrogen) atoms. The van der Waals surface area contributed by atoms with E-state index in [1.54, 1.807) is 0 Å². The van der Waals surface area contributed by atoms with E-state index in [4.69, 9.17) is 9.84 Å². The molecule has 2 aromatic rings. The van der Waals surface area contributed by atoms with Crippen molar-refractivity contribution in [1.82, 2.24) is 0 Å². The summed E-state index contributed by atoms with van der Waals surface area (Å²) in [5.74, 6) is -2.17. The normalized spacial score (nSPS) is 24.1. The molecule has 0 aromatic heterocycles. The molecule has 2 aliphatic rings. The van der Waals surface area contributed by atoms with E-state index < -0.39 is 35.7 Å². The number of benzene rings is 2. The fraction of sp³-hybridized carbons (Fsp3) is 0.350. The van der Waals surface area contributed by atoms with Crippen LogP contribution in [0, 0.1) is 11.7 Å². The van der Waals surface area contributed by atoms with E-state index >= 15 is 0 Å². The number of fused-ring (bicyclic) bond motifs is 3. The van der Waals surface area contributed by atoms with Crippen LogP contribution in [0.15, 0.2) is 36.4 Å². The first-order valence-corrected chi connectivity index (χ1v) is 8.88. The van der Waals surface area contributed by atoms with Gasteiger partial charge in [-0.1, -0.05) is 6.07 Å². The van der Waals surface area contributed by atoms with E-state index in [1.807, 2.05) is 0 Å². The molecule has 0 unspecified atom stereocenters. The van der Waals surface area contributed by atoms with Gasteiger partial charge in [0.1, 0.15) is 5.82 Å². The van der Waals surface area contributed by atoms with Gasteiger partial charge in [-0.05, 0) is 43.2 Å². The number of halogens is 4. The van der Waals surface area contributed by atoms with Crippen LogP contribution >= 0.6 is 0 Å². The highest BCUT2D eigenvalue weighted by atomic mass is 19.4. The van der Waals surface area contributed by atoms with E-state index in [0.717, 1.165) is 18.2 Å². The van der Waals surface area contributed by atoms with Gasteiger partial charge in [0.15, 0.2) is 0 Å². The topological polar surface area (TPSA) is 58.6 Å². The van der Waals surface area contributed by atoms with Gasteiger partial charge >= 0.3 is 12.1 Å².